The lowest BCUT2D eigenvalue weighted by molar-refractivity contribution is 0.262. The number of aromatic nitrogens is 3. The Morgan fingerprint density at radius 1 is 1.32 bits per heavy atom. The van der Waals surface area contributed by atoms with Crippen LogP contribution in [0.5, 0.6) is 0 Å². The molecule has 1 aromatic heterocycles. The minimum Gasteiger partial charge on any atom is -0.376 e. The number of hydrogen-bond acceptors (Lipinski definition) is 4. The van der Waals surface area contributed by atoms with E-state index in [4.69, 9.17) is 11.6 Å². The molecule has 0 unspecified atom stereocenters. The van der Waals surface area contributed by atoms with E-state index in [1.165, 1.54) is 0 Å². The maximum absolute atomic E-state index is 11.9. The number of anilines is 3. The van der Waals surface area contributed by atoms with Crippen molar-refractivity contribution in [1.29, 1.82) is 0 Å². The first-order valence-corrected chi connectivity index (χ1v) is 7.21. The van der Waals surface area contributed by atoms with Crippen molar-refractivity contribution in [2.45, 2.75) is 19.9 Å². The van der Waals surface area contributed by atoms with Crippen molar-refractivity contribution in [2.75, 3.05) is 29.6 Å². The average Bonchev–Trinajstić information content (AvgIpc) is 2.86. The fourth-order valence-corrected chi connectivity index (χ4v) is 2.16. The molecular formula is C14H19ClN6O. The molecule has 0 radical (unpaired) electrons. The fourth-order valence-electron chi connectivity index (χ4n) is 1.81. The summed E-state index contributed by atoms with van der Waals surface area (Å²) in [6.45, 7) is 3.96. The number of carbonyl (C=O) groups is 1. The Morgan fingerprint density at radius 2 is 2.05 bits per heavy atom. The van der Waals surface area contributed by atoms with Crippen molar-refractivity contribution < 1.29 is 4.79 Å². The van der Waals surface area contributed by atoms with E-state index in [2.05, 4.69) is 20.9 Å². The standard InChI is InChI=1S/C14H19ClN6O/c1-9(2)21-8-13(18-19-21)17-14(22)16-10-5-6-12(20(3)4)11(15)7-10/h5-9H,1-4H3,(H2,16,17,22). The number of rotatable bonds is 4. The summed E-state index contributed by atoms with van der Waals surface area (Å²) < 4.78 is 1.67. The second kappa shape index (κ2) is 6.65. The van der Waals surface area contributed by atoms with Crippen LogP contribution in [0.25, 0.3) is 0 Å². The number of nitrogens with one attached hydrogen (secondary N) is 2. The van der Waals surface area contributed by atoms with Crippen LogP contribution < -0.4 is 15.5 Å². The van der Waals surface area contributed by atoms with E-state index in [0.717, 1.165) is 5.69 Å². The Balaban J connectivity index is 2.01. The summed E-state index contributed by atoms with van der Waals surface area (Å²) in [4.78, 5) is 13.8. The third kappa shape index (κ3) is 3.88. The van der Waals surface area contributed by atoms with E-state index in [-0.39, 0.29) is 6.04 Å². The monoisotopic (exact) mass is 322 g/mol. The van der Waals surface area contributed by atoms with Crippen LogP contribution in [0.4, 0.5) is 22.0 Å². The molecular weight excluding hydrogens is 304 g/mol. The van der Waals surface area contributed by atoms with Crippen LogP contribution in [0.3, 0.4) is 0 Å². The predicted octanol–water partition coefficient (Wildman–Crippen LogP) is 3.22. The van der Waals surface area contributed by atoms with E-state index in [0.29, 0.717) is 16.5 Å². The highest BCUT2D eigenvalue weighted by atomic mass is 35.5. The van der Waals surface area contributed by atoms with Gasteiger partial charge in [0.05, 0.1) is 16.9 Å². The topological polar surface area (TPSA) is 75.1 Å². The van der Waals surface area contributed by atoms with Crippen LogP contribution in [-0.4, -0.2) is 35.1 Å². The second-order valence-corrected chi connectivity index (χ2v) is 5.72. The minimum atomic E-state index is -0.399. The van der Waals surface area contributed by atoms with Gasteiger partial charge in [-0.2, -0.15) is 0 Å². The van der Waals surface area contributed by atoms with Gasteiger partial charge in [0.25, 0.3) is 0 Å². The Kier molecular flexibility index (Phi) is 4.87. The summed E-state index contributed by atoms with van der Waals surface area (Å²) in [6.07, 6.45) is 1.67. The van der Waals surface area contributed by atoms with Crippen LogP contribution in [-0.2, 0) is 0 Å². The van der Waals surface area contributed by atoms with E-state index in [1.807, 2.05) is 38.9 Å². The number of urea groups is 1. The summed E-state index contributed by atoms with van der Waals surface area (Å²) in [5.74, 6) is 0.391. The van der Waals surface area contributed by atoms with Gasteiger partial charge in [-0.25, -0.2) is 9.48 Å². The van der Waals surface area contributed by atoms with E-state index >= 15 is 0 Å². The van der Waals surface area contributed by atoms with Crippen LogP contribution in [0.1, 0.15) is 19.9 Å². The number of carbonyl (C=O) groups excluding carboxylic acids is 1. The van der Waals surface area contributed by atoms with Gasteiger partial charge in [0, 0.05) is 25.8 Å². The number of amides is 2. The Hall–Kier alpha value is -2.28. The highest BCUT2D eigenvalue weighted by Gasteiger charge is 2.09. The Morgan fingerprint density at radius 3 is 2.59 bits per heavy atom. The molecule has 0 spiro atoms. The van der Waals surface area contributed by atoms with Gasteiger partial charge in [-0.15, -0.1) is 5.10 Å². The maximum atomic E-state index is 11.9. The highest BCUT2D eigenvalue weighted by Crippen LogP contribution is 2.27. The molecule has 2 amide bonds. The molecule has 0 aliphatic rings. The summed E-state index contributed by atoms with van der Waals surface area (Å²) in [5.41, 5.74) is 1.48. The van der Waals surface area contributed by atoms with E-state index < -0.39 is 6.03 Å². The van der Waals surface area contributed by atoms with Crippen molar-refractivity contribution in [3.8, 4) is 0 Å². The van der Waals surface area contributed by atoms with Crippen molar-refractivity contribution in [2.24, 2.45) is 0 Å². The first kappa shape index (κ1) is 16.1. The number of hydrogen-bond donors (Lipinski definition) is 2. The van der Waals surface area contributed by atoms with Crippen molar-refractivity contribution in [3.05, 3.63) is 29.4 Å². The second-order valence-electron chi connectivity index (χ2n) is 5.32. The molecule has 0 aliphatic carbocycles. The lowest BCUT2D eigenvalue weighted by atomic mass is 10.2. The summed E-state index contributed by atoms with van der Waals surface area (Å²) in [6, 6.07) is 5.10. The molecule has 0 aliphatic heterocycles. The number of halogens is 1. The molecule has 7 nitrogen and oxygen atoms in total. The average molecular weight is 323 g/mol. The molecule has 1 aromatic carbocycles. The van der Waals surface area contributed by atoms with Crippen LogP contribution in [0.2, 0.25) is 5.02 Å². The van der Waals surface area contributed by atoms with E-state index in [9.17, 15) is 4.79 Å². The lowest BCUT2D eigenvalue weighted by Crippen LogP contribution is -2.19. The molecule has 0 bridgehead atoms. The Bertz CT molecular complexity index is 667. The molecule has 0 atom stereocenters. The summed E-state index contributed by atoms with van der Waals surface area (Å²) >= 11 is 6.17. The molecule has 2 rings (SSSR count). The third-order valence-corrected chi connectivity index (χ3v) is 3.27. The quantitative estimate of drug-likeness (QED) is 0.906. The van der Waals surface area contributed by atoms with E-state index in [1.54, 1.807) is 23.0 Å². The van der Waals surface area contributed by atoms with Gasteiger partial charge in [-0.3, -0.25) is 5.32 Å². The molecule has 0 fully saturated rings. The van der Waals surface area contributed by atoms with Gasteiger partial charge in [-0.05, 0) is 32.0 Å². The molecule has 22 heavy (non-hydrogen) atoms. The molecule has 1 heterocycles. The van der Waals surface area contributed by atoms with Crippen LogP contribution >= 0.6 is 11.6 Å². The molecule has 2 N–H and O–H groups in total. The van der Waals surface area contributed by atoms with Crippen molar-refractivity contribution >= 4 is 34.8 Å². The molecule has 0 saturated carbocycles. The molecule has 0 saturated heterocycles. The smallest absolute Gasteiger partial charge is 0.324 e. The first-order chi connectivity index (χ1) is 10.4. The summed E-state index contributed by atoms with van der Waals surface area (Å²) in [7, 11) is 3.80. The Labute approximate surface area is 134 Å². The highest BCUT2D eigenvalue weighted by molar-refractivity contribution is 6.33. The SMILES string of the molecule is CC(C)n1cc(NC(=O)Nc2ccc(N(C)C)c(Cl)c2)nn1. The molecule has 118 valence electrons. The lowest BCUT2D eigenvalue weighted by Gasteiger charge is -2.15. The number of nitrogens with zero attached hydrogens (tertiary/aromatic N) is 4. The van der Waals surface area contributed by atoms with Gasteiger partial charge < -0.3 is 10.2 Å². The van der Waals surface area contributed by atoms with Gasteiger partial charge >= 0.3 is 6.03 Å². The van der Waals surface area contributed by atoms with Gasteiger partial charge in [0.15, 0.2) is 5.82 Å². The minimum absolute atomic E-state index is 0.184. The maximum Gasteiger partial charge on any atom is 0.324 e. The van der Waals surface area contributed by atoms with Gasteiger partial charge in [0.2, 0.25) is 0 Å². The van der Waals surface area contributed by atoms with Crippen molar-refractivity contribution in [3.63, 3.8) is 0 Å². The van der Waals surface area contributed by atoms with Gasteiger partial charge in [-0.1, -0.05) is 16.8 Å². The van der Waals surface area contributed by atoms with Crippen molar-refractivity contribution in [1.82, 2.24) is 15.0 Å². The van der Waals surface area contributed by atoms with Gasteiger partial charge in [0.1, 0.15) is 0 Å². The largest absolute Gasteiger partial charge is 0.376 e. The zero-order valence-corrected chi connectivity index (χ0v) is 13.7. The zero-order valence-electron chi connectivity index (χ0n) is 13.0. The van der Waals surface area contributed by atoms with Crippen LogP contribution in [0, 0.1) is 0 Å². The number of benzene rings is 1. The summed E-state index contributed by atoms with van der Waals surface area (Å²) in [5, 5.41) is 13.7. The normalized spacial score (nSPS) is 10.6. The molecule has 8 heteroatoms. The molecule has 2 aromatic rings. The predicted molar refractivity (Wildman–Crippen MR) is 88.8 cm³/mol. The first-order valence-electron chi connectivity index (χ1n) is 6.83. The fraction of sp³-hybridized carbons (Fsp3) is 0.357. The van der Waals surface area contributed by atoms with Crippen LogP contribution in [0.15, 0.2) is 24.4 Å². The zero-order chi connectivity index (χ0) is 16.3. The third-order valence-electron chi connectivity index (χ3n) is 2.97.